The van der Waals surface area contributed by atoms with Crippen molar-refractivity contribution < 1.29 is 0 Å². The maximum atomic E-state index is 4.18. The van der Waals surface area contributed by atoms with Crippen LogP contribution < -0.4 is 5.32 Å². The predicted molar refractivity (Wildman–Crippen MR) is 85.4 cm³/mol. The van der Waals surface area contributed by atoms with E-state index in [1.54, 1.807) is 0 Å². The Morgan fingerprint density at radius 2 is 2.00 bits per heavy atom. The minimum Gasteiger partial charge on any atom is -0.305 e. The van der Waals surface area contributed by atoms with Gasteiger partial charge in [-0.3, -0.25) is 0 Å². The molecule has 1 aromatic carbocycles. The van der Waals surface area contributed by atoms with E-state index in [1.807, 2.05) is 17.4 Å². The first-order valence-electron chi connectivity index (χ1n) is 6.81. The summed E-state index contributed by atoms with van der Waals surface area (Å²) in [6.45, 7) is 7.25. The fraction of sp³-hybridized carbons (Fsp3) is 0.294. The minimum absolute atomic E-state index is 0.450. The van der Waals surface area contributed by atoms with E-state index in [-0.39, 0.29) is 0 Å². The summed E-state index contributed by atoms with van der Waals surface area (Å²) >= 11 is 1.83. The van der Waals surface area contributed by atoms with Crippen molar-refractivity contribution in [3.63, 3.8) is 0 Å². The van der Waals surface area contributed by atoms with E-state index in [9.17, 15) is 0 Å². The van der Waals surface area contributed by atoms with Crippen molar-refractivity contribution in [2.45, 2.75) is 25.8 Å². The van der Waals surface area contributed by atoms with Crippen LogP contribution in [0.25, 0.3) is 5.57 Å². The van der Waals surface area contributed by atoms with E-state index < -0.39 is 0 Å². The number of hydrogen-bond acceptors (Lipinski definition) is 2. The van der Waals surface area contributed by atoms with Crippen molar-refractivity contribution in [3.05, 3.63) is 64.9 Å². The molecule has 0 aliphatic rings. The maximum Gasteiger partial charge on any atom is 0.0417 e. The summed E-state index contributed by atoms with van der Waals surface area (Å²) in [6.07, 6.45) is 2.36. The molecule has 100 valence electrons. The Bertz CT molecular complexity index is 487. The molecule has 0 amide bonds. The summed E-state index contributed by atoms with van der Waals surface area (Å²) in [5.74, 6) is 0. The molecular weight excluding hydrogens is 250 g/mol. The zero-order chi connectivity index (χ0) is 13.5. The number of nitrogens with one attached hydrogen (secondary N) is 1. The van der Waals surface area contributed by atoms with Crippen LogP contribution in [0.3, 0.4) is 0 Å². The van der Waals surface area contributed by atoms with Gasteiger partial charge in [0.25, 0.3) is 0 Å². The molecule has 1 N–H and O–H groups in total. The molecule has 0 saturated carbocycles. The van der Waals surface area contributed by atoms with Gasteiger partial charge in [0.05, 0.1) is 0 Å². The van der Waals surface area contributed by atoms with Gasteiger partial charge in [-0.2, -0.15) is 0 Å². The number of benzene rings is 1. The Hall–Kier alpha value is -1.38. The quantitative estimate of drug-likeness (QED) is 0.756. The van der Waals surface area contributed by atoms with Crippen LogP contribution in [0, 0.1) is 0 Å². The van der Waals surface area contributed by atoms with Crippen LogP contribution in [0.5, 0.6) is 0 Å². The van der Waals surface area contributed by atoms with Gasteiger partial charge in [0, 0.05) is 17.5 Å². The highest BCUT2D eigenvalue weighted by Crippen LogP contribution is 2.24. The number of rotatable bonds is 7. The first kappa shape index (κ1) is 14.0. The molecule has 1 unspecified atom stereocenters. The second-order valence-electron chi connectivity index (χ2n) is 4.71. The van der Waals surface area contributed by atoms with Crippen molar-refractivity contribution in [3.8, 4) is 0 Å². The van der Waals surface area contributed by atoms with Crippen molar-refractivity contribution in [1.29, 1.82) is 0 Å². The maximum absolute atomic E-state index is 4.18. The van der Waals surface area contributed by atoms with Gasteiger partial charge in [-0.25, -0.2) is 0 Å². The van der Waals surface area contributed by atoms with Gasteiger partial charge in [0.2, 0.25) is 0 Å². The van der Waals surface area contributed by atoms with Crippen LogP contribution in [0.2, 0.25) is 0 Å². The molecule has 0 saturated heterocycles. The highest BCUT2D eigenvalue weighted by Gasteiger charge is 2.11. The largest absolute Gasteiger partial charge is 0.305 e. The lowest BCUT2D eigenvalue weighted by Crippen LogP contribution is -2.22. The Balaban J connectivity index is 1.94. The van der Waals surface area contributed by atoms with Gasteiger partial charge in [-0.15, -0.1) is 11.3 Å². The monoisotopic (exact) mass is 271 g/mol. The molecule has 2 aromatic rings. The summed E-state index contributed by atoms with van der Waals surface area (Å²) in [7, 11) is 0. The molecule has 0 fully saturated rings. The second-order valence-corrected chi connectivity index (χ2v) is 5.69. The zero-order valence-corrected chi connectivity index (χ0v) is 12.2. The van der Waals surface area contributed by atoms with Crippen molar-refractivity contribution in [2.24, 2.45) is 0 Å². The van der Waals surface area contributed by atoms with Crippen LogP contribution in [0.4, 0.5) is 0 Å². The molecule has 1 aromatic heterocycles. The molecule has 1 heterocycles. The van der Waals surface area contributed by atoms with E-state index in [1.165, 1.54) is 23.3 Å². The van der Waals surface area contributed by atoms with Gasteiger partial charge in [0.1, 0.15) is 0 Å². The van der Waals surface area contributed by atoms with Gasteiger partial charge in [-0.1, -0.05) is 56.3 Å². The summed E-state index contributed by atoms with van der Waals surface area (Å²) < 4.78 is 0. The molecule has 1 nitrogen and oxygen atoms in total. The van der Waals surface area contributed by atoms with Gasteiger partial charge in [0.15, 0.2) is 0 Å². The SMILES string of the molecule is C=C(CNC(CCC)c1cccs1)c1ccccc1. The third kappa shape index (κ3) is 4.05. The van der Waals surface area contributed by atoms with E-state index in [0.717, 1.165) is 12.1 Å². The Morgan fingerprint density at radius 3 is 2.63 bits per heavy atom. The molecule has 2 heteroatoms. The van der Waals surface area contributed by atoms with Crippen LogP contribution in [0.1, 0.15) is 36.2 Å². The fourth-order valence-electron chi connectivity index (χ4n) is 2.15. The predicted octanol–water partition coefficient (Wildman–Crippen LogP) is 4.89. The topological polar surface area (TPSA) is 12.0 Å². The third-order valence-corrected chi connectivity index (χ3v) is 4.19. The average molecular weight is 271 g/mol. The summed E-state index contributed by atoms with van der Waals surface area (Å²) in [6, 6.07) is 15.2. The second kappa shape index (κ2) is 7.27. The summed E-state index contributed by atoms with van der Waals surface area (Å²) in [5, 5.41) is 5.78. The lowest BCUT2D eigenvalue weighted by atomic mass is 10.1. The molecule has 1 atom stereocenters. The van der Waals surface area contributed by atoms with Crippen molar-refractivity contribution in [2.75, 3.05) is 6.54 Å². The smallest absolute Gasteiger partial charge is 0.0417 e. The molecule has 19 heavy (non-hydrogen) atoms. The van der Waals surface area contributed by atoms with Crippen molar-refractivity contribution in [1.82, 2.24) is 5.32 Å². The number of thiophene rings is 1. The lowest BCUT2D eigenvalue weighted by molar-refractivity contribution is 0.531. The van der Waals surface area contributed by atoms with Gasteiger partial charge >= 0.3 is 0 Å². The van der Waals surface area contributed by atoms with Crippen LogP contribution in [0.15, 0.2) is 54.4 Å². The lowest BCUT2D eigenvalue weighted by Gasteiger charge is -2.17. The number of hydrogen-bond donors (Lipinski definition) is 1. The van der Waals surface area contributed by atoms with Gasteiger partial charge in [-0.05, 0) is 29.0 Å². The van der Waals surface area contributed by atoms with Gasteiger partial charge < -0.3 is 5.32 Å². The Morgan fingerprint density at radius 1 is 1.21 bits per heavy atom. The highest BCUT2D eigenvalue weighted by atomic mass is 32.1. The highest BCUT2D eigenvalue weighted by molar-refractivity contribution is 7.10. The zero-order valence-electron chi connectivity index (χ0n) is 11.4. The Kier molecular flexibility index (Phi) is 5.37. The molecule has 0 aliphatic carbocycles. The first-order valence-corrected chi connectivity index (χ1v) is 7.69. The summed E-state index contributed by atoms with van der Waals surface area (Å²) in [4.78, 5) is 1.42. The summed E-state index contributed by atoms with van der Waals surface area (Å²) in [5.41, 5.74) is 2.37. The van der Waals surface area contributed by atoms with E-state index in [0.29, 0.717) is 6.04 Å². The molecule has 0 spiro atoms. The molecule has 2 rings (SSSR count). The van der Waals surface area contributed by atoms with E-state index in [4.69, 9.17) is 0 Å². The molecule has 0 aliphatic heterocycles. The standard InChI is InChI=1S/C17H21NS/c1-3-8-16(17-11-7-12-19-17)18-13-14(2)15-9-5-4-6-10-15/h4-7,9-12,16,18H,2-3,8,13H2,1H3. The Labute approximate surface area is 120 Å². The average Bonchev–Trinajstić information content (AvgIpc) is 2.98. The third-order valence-electron chi connectivity index (χ3n) is 3.21. The van der Waals surface area contributed by atoms with E-state index >= 15 is 0 Å². The van der Waals surface area contributed by atoms with E-state index in [2.05, 4.69) is 60.6 Å². The molecule has 0 bridgehead atoms. The van der Waals surface area contributed by atoms with Crippen LogP contribution in [-0.4, -0.2) is 6.54 Å². The van der Waals surface area contributed by atoms with Crippen LogP contribution in [-0.2, 0) is 0 Å². The minimum atomic E-state index is 0.450. The first-order chi connectivity index (χ1) is 9.31. The fourth-order valence-corrected chi connectivity index (χ4v) is 2.98. The molecular formula is C17H21NS. The normalized spacial score (nSPS) is 12.3. The van der Waals surface area contributed by atoms with Crippen LogP contribution >= 0.6 is 11.3 Å². The molecule has 0 radical (unpaired) electrons. The van der Waals surface area contributed by atoms with Crippen molar-refractivity contribution >= 4 is 16.9 Å².